The van der Waals surface area contributed by atoms with Crippen LogP contribution in [-0.4, -0.2) is 10.1 Å². The van der Waals surface area contributed by atoms with Crippen LogP contribution in [0.3, 0.4) is 0 Å². The number of aromatic nitrogens is 1. The minimum absolute atomic E-state index is 0.165. The van der Waals surface area contributed by atoms with Crippen molar-refractivity contribution in [3.63, 3.8) is 0 Å². The van der Waals surface area contributed by atoms with Crippen LogP contribution in [-0.2, 0) is 13.2 Å². The molecule has 3 nitrogen and oxygen atoms in total. The smallest absolute Gasteiger partial charge is 0.123 e. The molecular weight excluding hydrogens is 423 g/mol. The van der Waals surface area contributed by atoms with Gasteiger partial charge in [0.15, 0.2) is 0 Å². The molecule has 4 aromatic carbocycles. The third-order valence-electron chi connectivity index (χ3n) is 6.23. The third kappa shape index (κ3) is 4.28. The molecule has 5 aromatic rings. The monoisotopic (exact) mass is 448 g/mol. The van der Waals surface area contributed by atoms with Crippen molar-refractivity contribution in [2.45, 2.75) is 20.1 Å². The zero-order valence-corrected chi connectivity index (χ0v) is 18.9. The summed E-state index contributed by atoms with van der Waals surface area (Å²) in [7, 11) is 0. The second-order valence-electron chi connectivity index (χ2n) is 8.34. The lowest BCUT2D eigenvalue weighted by atomic mass is 9.95. The second-order valence-corrected chi connectivity index (χ2v) is 8.34. The summed E-state index contributed by atoms with van der Waals surface area (Å²) in [6.07, 6.45) is 0. The molecule has 0 spiro atoms. The molecule has 4 heteroatoms. The highest BCUT2D eigenvalue weighted by molar-refractivity contribution is 5.87. The first kappa shape index (κ1) is 21.8. The molecular formula is C30H25FN2O. The summed E-state index contributed by atoms with van der Waals surface area (Å²) in [4.78, 5) is 4.79. The van der Waals surface area contributed by atoms with Gasteiger partial charge in [0.2, 0.25) is 0 Å². The molecule has 2 N–H and O–H groups in total. The summed E-state index contributed by atoms with van der Waals surface area (Å²) < 4.78 is 13.8. The fourth-order valence-corrected chi connectivity index (χ4v) is 4.40. The lowest BCUT2D eigenvalue weighted by molar-refractivity contribution is 0.282. The van der Waals surface area contributed by atoms with E-state index in [1.807, 2.05) is 25.1 Å². The van der Waals surface area contributed by atoms with Gasteiger partial charge in [0.05, 0.1) is 17.8 Å². The van der Waals surface area contributed by atoms with E-state index in [1.54, 1.807) is 6.07 Å². The maximum absolute atomic E-state index is 13.8. The Balaban J connectivity index is 1.48. The SMILES string of the molecule is Cc1c(-c2ccc(-c3ccccc3CNc3ccccc3)cc2)nc2ccc(F)cc2c1CO. The number of para-hydroxylation sites is 1. The zero-order chi connectivity index (χ0) is 23.5. The van der Waals surface area contributed by atoms with Crippen molar-refractivity contribution < 1.29 is 9.50 Å². The van der Waals surface area contributed by atoms with Gasteiger partial charge < -0.3 is 10.4 Å². The molecule has 0 aliphatic rings. The minimum atomic E-state index is -0.332. The van der Waals surface area contributed by atoms with Gasteiger partial charge in [-0.1, -0.05) is 66.7 Å². The van der Waals surface area contributed by atoms with Crippen LogP contribution in [0.1, 0.15) is 16.7 Å². The molecule has 34 heavy (non-hydrogen) atoms. The van der Waals surface area contributed by atoms with Gasteiger partial charge in [-0.3, -0.25) is 0 Å². The predicted octanol–water partition coefficient (Wildman–Crippen LogP) is 7.12. The molecule has 0 radical (unpaired) electrons. The summed E-state index contributed by atoms with van der Waals surface area (Å²) in [5.74, 6) is -0.332. The molecule has 0 aliphatic carbocycles. The highest BCUT2D eigenvalue weighted by Crippen LogP contribution is 2.32. The average Bonchev–Trinajstić information content (AvgIpc) is 2.88. The van der Waals surface area contributed by atoms with Crippen LogP contribution in [0, 0.1) is 12.7 Å². The van der Waals surface area contributed by atoms with Crippen LogP contribution in [0.4, 0.5) is 10.1 Å². The van der Waals surface area contributed by atoms with E-state index in [4.69, 9.17) is 4.98 Å². The van der Waals surface area contributed by atoms with Crippen molar-refractivity contribution in [3.05, 3.63) is 120 Å². The molecule has 1 aromatic heterocycles. The molecule has 0 aliphatic heterocycles. The number of anilines is 1. The van der Waals surface area contributed by atoms with E-state index in [-0.39, 0.29) is 12.4 Å². The van der Waals surface area contributed by atoms with Gasteiger partial charge in [0.25, 0.3) is 0 Å². The predicted molar refractivity (Wildman–Crippen MR) is 137 cm³/mol. The van der Waals surface area contributed by atoms with Crippen LogP contribution in [0.5, 0.6) is 0 Å². The van der Waals surface area contributed by atoms with Crippen LogP contribution < -0.4 is 5.32 Å². The summed E-state index contributed by atoms with van der Waals surface area (Å²) in [5.41, 5.74) is 8.60. The number of benzene rings is 4. The van der Waals surface area contributed by atoms with Crippen molar-refractivity contribution in [2.24, 2.45) is 0 Å². The van der Waals surface area contributed by atoms with Gasteiger partial charge >= 0.3 is 0 Å². The highest BCUT2D eigenvalue weighted by Gasteiger charge is 2.14. The van der Waals surface area contributed by atoms with Crippen LogP contribution in [0.25, 0.3) is 33.3 Å². The van der Waals surface area contributed by atoms with E-state index in [1.165, 1.54) is 23.3 Å². The first-order valence-corrected chi connectivity index (χ1v) is 11.3. The molecule has 168 valence electrons. The Morgan fingerprint density at radius 3 is 2.29 bits per heavy atom. The van der Waals surface area contributed by atoms with Gasteiger partial charge in [0.1, 0.15) is 5.82 Å². The van der Waals surface area contributed by atoms with E-state index in [9.17, 15) is 9.50 Å². The van der Waals surface area contributed by atoms with Crippen molar-refractivity contribution in [1.29, 1.82) is 0 Å². The topological polar surface area (TPSA) is 45.2 Å². The zero-order valence-electron chi connectivity index (χ0n) is 18.9. The number of halogens is 1. The Kier molecular flexibility index (Phi) is 6.07. The van der Waals surface area contributed by atoms with Crippen LogP contribution in [0.15, 0.2) is 97.1 Å². The Hall–Kier alpha value is -4.02. The van der Waals surface area contributed by atoms with Crippen molar-refractivity contribution in [2.75, 3.05) is 5.32 Å². The Labute approximate surface area is 198 Å². The van der Waals surface area contributed by atoms with Crippen molar-refractivity contribution >= 4 is 16.6 Å². The Bertz CT molecular complexity index is 1450. The molecule has 0 saturated heterocycles. The van der Waals surface area contributed by atoms with Gasteiger partial charge in [-0.25, -0.2) is 9.37 Å². The number of hydrogen-bond donors (Lipinski definition) is 2. The fraction of sp³-hybridized carbons (Fsp3) is 0.100. The average molecular weight is 449 g/mol. The molecule has 1 heterocycles. The maximum Gasteiger partial charge on any atom is 0.123 e. The molecule has 0 saturated carbocycles. The van der Waals surface area contributed by atoms with E-state index in [2.05, 4.69) is 66.0 Å². The number of nitrogens with zero attached hydrogens (tertiary/aromatic N) is 1. The molecule has 5 rings (SSSR count). The van der Waals surface area contributed by atoms with Crippen molar-refractivity contribution in [1.82, 2.24) is 4.98 Å². The van der Waals surface area contributed by atoms with E-state index in [0.717, 1.165) is 34.6 Å². The number of fused-ring (bicyclic) bond motifs is 1. The van der Waals surface area contributed by atoms with E-state index in [0.29, 0.717) is 16.5 Å². The lowest BCUT2D eigenvalue weighted by Crippen LogP contribution is -2.01. The number of pyridine rings is 1. The van der Waals surface area contributed by atoms with Crippen LogP contribution >= 0.6 is 0 Å². The van der Waals surface area contributed by atoms with Gasteiger partial charge in [-0.15, -0.1) is 0 Å². The largest absolute Gasteiger partial charge is 0.392 e. The van der Waals surface area contributed by atoms with Gasteiger partial charge in [-0.05, 0) is 65.1 Å². The number of aliphatic hydroxyl groups excluding tert-OH is 1. The normalized spacial score (nSPS) is 11.0. The fourth-order valence-electron chi connectivity index (χ4n) is 4.40. The number of rotatable bonds is 6. The number of aliphatic hydroxyl groups is 1. The molecule has 0 unspecified atom stereocenters. The lowest BCUT2D eigenvalue weighted by Gasteiger charge is -2.15. The molecule has 0 atom stereocenters. The van der Waals surface area contributed by atoms with Crippen molar-refractivity contribution in [3.8, 4) is 22.4 Å². The van der Waals surface area contributed by atoms with E-state index >= 15 is 0 Å². The summed E-state index contributed by atoms with van der Waals surface area (Å²) in [6, 6.07) is 31.4. The highest BCUT2D eigenvalue weighted by atomic mass is 19.1. The Morgan fingerprint density at radius 1 is 0.824 bits per heavy atom. The number of nitrogens with one attached hydrogen (secondary N) is 1. The summed E-state index contributed by atoms with van der Waals surface area (Å²) >= 11 is 0. The van der Waals surface area contributed by atoms with Gasteiger partial charge in [-0.2, -0.15) is 0 Å². The minimum Gasteiger partial charge on any atom is -0.392 e. The maximum atomic E-state index is 13.8. The first-order valence-electron chi connectivity index (χ1n) is 11.3. The number of hydrogen-bond acceptors (Lipinski definition) is 3. The molecule has 0 amide bonds. The molecule has 0 fully saturated rings. The van der Waals surface area contributed by atoms with Gasteiger partial charge in [0, 0.05) is 23.2 Å². The molecule has 0 bridgehead atoms. The van der Waals surface area contributed by atoms with E-state index < -0.39 is 0 Å². The standard InChI is InChI=1S/C30H25FN2O/c1-20-28(19-34)27-17-24(31)15-16-29(27)33-30(20)22-13-11-21(12-14-22)26-10-6-5-7-23(26)18-32-25-8-3-2-4-9-25/h2-17,32,34H,18-19H2,1H3. The summed E-state index contributed by atoms with van der Waals surface area (Å²) in [6.45, 7) is 2.49. The first-order chi connectivity index (χ1) is 16.6. The van der Waals surface area contributed by atoms with Crippen LogP contribution in [0.2, 0.25) is 0 Å². The Morgan fingerprint density at radius 2 is 1.53 bits per heavy atom. The third-order valence-corrected chi connectivity index (χ3v) is 6.23. The quantitative estimate of drug-likeness (QED) is 0.291. The second kappa shape index (κ2) is 9.46. The summed E-state index contributed by atoms with van der Waals surface area (Å²) in [5, 5.41) is 14.1.